The van der Waals surface area contributed by atoms with Crippen LogP contribution < -0.4 is 4.74 Å². The van der Waals surface area contributed by atoms with E-state index in [1.54, 1.807) is 24.3 Å². The number of benzene rings is 1. The predicted octanol–water partition coefficient (Wildman–Crippen LogP) is 3.38. The van der Waals surface area contributed by atoms with Gasteiger partial charge in [-0.1, -0.05) is 26.2 Å². The fraction of sp³-hybridized carbons (Fsp3) is 0.625. The van der Waals surface area contributed by atoms with Crippen molar-refractivity contribution in [3.63, 3.8) is 0 Å². The molecule has 1 rings (SSSR count). The van der Waals surface area contributed by atoms with Gasteiger partial charge in [0.2, 0.25) is 0 Å². The molecular weight excluding hydrogens is 256 g/mol. The van der Waals surface area contributed by atoms with Crippen molar-refractivity contribution < 1.29 is 19.3 Å². The average Bonchev–Trinajstić information content (AvgIpc) is 2.47. The van der Waals surface area contributed by atoms with E-state index in [1.165, 1.54) is 19.3 Å². The summed E-state index contributed by atoms with van der Waals surface area (Å²) in [7, 11) is 0. The first-order valence-corrected chi connectivity index (χ1v) is 7.40. The summed E-state index contributed by atoms with van der Waals surface area (Å²) in [6, 6.07) is 6.66. The Hall–Kier alpha value is -1.26. The molecule has 0 amide bonds. The summed E-state index contributed by atoms with van der Waals surface area (Å²) in [5, 5.41) is 9.12. The Morgan fingerprint density at radius 3 is 2.15 bits per heavy atom. The molecule has 4 nitrogen and oxygen atoms in total. The van der Waals surface area contributed by atoms with E-state index in [2.05, 4.69) is 6.92 Å². The lowest BCUT2D eigenvalue weighted by Gasteiger charge is -2.08. The van der Waals surface area contributed by atoms with Gasteiger partial charge in [0.05, 0.1) is 19.8 Å². The van der Waals surface area contributed by atoms with Crippen LogP contribution in [-0.4, -0.2) is 38.1 Å². The van der Waals surface area contributed by atoms with Gasteiger partial charge in [0.25, 0.3) is 0 Å². The van der Waals surface area contributed by atoms with Gasteiger partial charge < -0.3 is 19.3 Å². The molecule has 0 saturated carbocycles. The van der Waals surface area contributed by atoms with Crippen LogP contribution in [0.5, 0.6) is 11.5 Å². The number of hydrogen-bond donors (Lipinski definition) is 1. The lowest BCUT2D eigenvalue weighted by Crippen LogP contribution is -2.11. The molecule has 0 aromatic heterocycles. The molecule has 0 atom stereocenters. The first-order valence-electron chi connectivity index (χ1n) is 7.40. The zero-order valence-electron chi connectivity index (χ0n) is 12.3. The molecule has 0 spiro atoms. The molecule has 0 aliphatic heterocycles. The molecule has 20 heavy (non-hydrogen) atoms. The van der Waals surface area contributed by atoms with E-state index in [0.29, 0.717) is 26.4 Å². The Morgan fingerprint density at radius 2 is 1.45 bits per heavy atom. The number of hydrogen-bond acceptors (Lipinski definition) is 4. The van der Waals surface area contributed by atoms with Gasteiger partial charge in [-0.15, -0.1) is 0 Å². The van der Waals surface area contributed by atoms with E-state index in [-0.39, 0.29) is 5.75 Å². The fourth-order valence-electron chi connectivity index (χ4n) is 1.71. The summed E-state index contributed by atoms with van der Waals surface area (Å²) < 4.78 is 16.3. The molecule has 1 aromatic carbocycles. The van der Waals surface area contributed by atoms with Crippen molar-refractivity contribution in [1.82, 2.24) is 0 Å². The van der Waals surface area contributed by atoms with Crippen LogP contribution in [0.2, 0.25) is 0 Å². The van der Waals surface area contributed by atoms with Gasteiger partial charge in [-0.25, -0.2) is 0 Å². The maximum absolute atomic E-state index is 9.12. The zero-order chi connectivity index (χ0) is 14.5. The SMILES string of the molecule is CCCCCCOCCOCCOc1ccc(O)cc1. The van der Waals surface area contributed by atoms with Gasteiger partial charge in [0, 0.05) is 6.61 Å². The van der Waals surface area contributed by atoms with E-state index in [9.17, 15) is 0 Å². The highest BCUT2D eigenvalue weighted by Crippen LogP contribution is 2.15. The third-order valence-corrected chi connectivity index (χ3v) is 2.85. The van der Waals surface area contributed by atoms with E-state index in [4.69, 9.17) is 19.3 Å². The Kier molecular flexibility index (Phi) is 9.70. The number of unbranched alkanes of at least 4 members (excludes halogenated alkanes) is 3. The molecule has 0 fully saturated rings. The van der Waals surface area contributed by atoms with Gasteiger partial charge in [-0.2, -0.15) is 0 Å². The topological polar surface area (TPSA) is 47.9 Å². The average molecular weight is 282 g/mol. The van der Waals surface area contributed by atoms with Crippen molar-refractivity contribution in [2.45, 2.75) is 32.6 Å². The minimum absolute atomic E-state index is 0.240. The largest absolute Gasteiger partial charge is 0.508 e. The Balaban J connectivity index is 1.84. The zero-order valence-corrected chi connectivity index (χ0v) is 12.3. The van der Waals surface area contributed by atoms with Crippen molar-refractivity contribution in [3.8, 4) is 11.5 Å². The van der Waals surface area contributed by atoms with E-state index in [1.807, 2.05) is 0 Å². The second kappa shape index (κ2) is 11.6. The Morgan fingerprint density at radius 1 is 0.800 bits per heavy atom. The molecule has 0 bridgehead atoms. The minimum atomic E-state index is 0.240. The van der Waals surface area contributed by atoms with E-state index in [0.717, 1.165) is 18.8 Å². The molecule has 0 unspecified atom stereocenters. The van der Waals surface area contributed by atoms with Crippen LogP contribution in [0.3, 0.4) is 0 Å². The van der Waals surface area contributed by atoms with Crippen molar-refractivity contribution in [2.24, 2.45) is 0 Å². The fourth-order valence-corrected chi connectivity index (χ4v) is 1.71. The van der Waals surface area contributed by atoms with E-state index >= 15 is 0 Å². The van der Waals surface area contributed by atoms with Crippen LogP contribution in [-0.2, 0) is 9.47 Å². The highest BCUT2D eigenvalue weighted by Gasteiger charge is 1.95. The smallest absolute Gasteiger partial charge is 0.119 e. The van der Waals surface area contributed by atoms with Gasteiger partial charge in [0.15, 0.2) is 0 Å². The lowest BCUT2D eigenvalue weighted by atomic mass is 10.2. The monoisotopic (exact) mass is 282 g/mol. The second-order valence-corrected chi connectivity index (χ2v) is 4.63. The molecule has 0 saturated heterocycles. The van der Waals surface area contributed by atoms with Gasteiger partial charge >= 0.3 is 0 Å². The van der Waals surface area contributed by atoms with Crippen molar-refractivity contribution in [2.75, 3.05) is 33.0 Å². The molecule has 0 aliphatic rings. The normalized spacial score (nSPS) is 10.7. The summed E-state index contributed by atoms with van der Waals surface area (Å²) in [5.41, 5.74) is 0. The summed E-state index contributed by atoms with van der Waals surface area (Å²) in [5.74, 6) is 0.975. The van der Waals surface area contributed by atoms with Gasteiger partial charge in [0.1, 0.15) is 18.1 Å². The third kappa shape index (κ3) is 8.77. The standard InChI is InChI=1S/C16H26O4/c1-2-3-4-5-10-18-11-12-19-13-14-20-16-8-6-15(17)7-9-16/h6-9,17H,2-5,10-14H2,1H3. The first kappa shape index (κ1) is 16.8. The quantitative estimate of drug-likeness (QED) is 0.597. The number of ether oxygens (including phenoxy) is 3. The molecule has 0 radical (unpaired) electrons. The van der Waals surface area contributed by atoms with Crippen molar-refractivity contribution in [1.29, 1.82) is 0 Å². The minimum Gasteiger partial charge on any atom is -0.508 e. The maximum atomic E-state index is 9.12. The van der Waals surface area contributed by atoms with Crippen LogP contribution in [0.25, 0.3) is 0 Å². The number of phenols is 1. The third-order valence-electron chi connectivity index (χ3n) is 2.85. The van der Waals surface area contributed by atoms with Crippen molar-refractivity contribution >= 4 is 0 Å². The summed E-state index contributed by atoms with van der Waals surface area (Å²) in [6.45, 7) is 5.32. The van der Waals surface area contributed by atoms with Crippen LogP contribution in [0.15, 0.2) is 24.3 Å². The van der Waals surface area contributed by atoms with Crippen LogP contribution in [0.1, 0.15) is 32.6 Å². The number of phenolic OH excluding ortho intramolecular Hbond substituents is 1. The van der Waals surface area contributed by atoms with Crippen LogP contribution in [0, 0.1) is 0 Å². The van der Waals surface area contributed by atoms with Gasteiger partial charge in [-0.3, -0.25) is 0 Å². The molecule has 114 valence electrons. The molecule has 1 N–H and O–H groups in total. The van der Waals surface area contributed by atoms with Crippen LogP contribution >= 0.6 is 0 Å². The highest BCUT2D eigenvalue weighted by molar-refractivity contribution is 5.29. The molecule has 0 aliphatic carbocycles. The summed E-state index contributed by atoms with van der Waals surface area (Å²) in [6.07, 6.45) is 4.92. The first-order chi connectivity index (χ1) is 9.83. The number of aromatic hydroxyl groups is 1. The lowest BCUT2D eigenvalue weighted by molar-refractivity contribution is 0.0352. The second-order valence-electron chi connectivity index (χ2n) is 4.63. The molecule has 4 heteroatoms. The van der Waals surface area contributed by atoms with Crippen molar-refractivity contribution in [3.05, 3.63) is 24.3 Å². The van der Waals surface area contributed by atoms with Crippen LogP contribution in [0.4, 0.5) is 0 Å². The highest BCUT2D eigenvalue weighted by atomic mass is 16.5. The maximum Gasteiger partial charge on any atom is 0.119 e. The summed E-state index contributed by atoms with van der Waals surface area (Å²) >= 11 is 0. The summed E-state index contributed by atoms with van der Waals surface area (Å²) in [4.78, 5) is 0. The Bertz CT molecular complexity index is 324. The molecule has 0 heterocycles. The predicted molar refractivity (Wildman–Crippen MR) is 79.4 cm³/mol. The number of rotatable bonds is 12. The van der Waals surface area contributed by atoms with E-state index < -0.39 is 0 Å². The molecule has 1 aromatic rings. The van der Waals surface area contributed by atoms with Gasteiger partial charge in [-0.05, 0) is 30.7 Å². The molecular formula is C16H26O4. The Labute approximate surface area is 121 Å².